The van der Waals surface area contributed by atoms with Gasteiger partial charge < -0.3 is 76.7 Å². The Labute approximate surface area is 457 Å². The Morgan fingerprint density at radius 3 is 2.37 bits per heavy atom. The molecule has 78 heavy (non-hydrogen) atoms. The van der Waals surface area contributed by atoms with Crippen molar-refractivity contribution in [2.45, 2.75) is 167 Å². The van der Waals surface area contributed by atoms with Crippen LogP contribution < -0.4 is 16.4 Å². The molecule has 0 aromatic carbocycles. The number of H-pyrrole nitrogens is 2. The summed E-state index contributed by atoms with van der Waals surface area (Å²) in [4.78, 5) is 45.5. The van der Waals surface area contributed by atoms with Crippen LogP contribution >= 0.6 is 0 Å². The monoisotopic (exact) mass is 1090 g/mol. The van der Waals surface area contributed by atoms with Gasteiger partial charge in [-0.1, -0.05) is 64.5 Å². The second-order valence-corrected chi connectivity index (χ2v) is 27.4. The zero-order valence-corrected chi connectivity index (χ0v) is 46.3. The molecule has 2 aromatic rings. The van der Waals surface area contributed by atoms with E-state index in [1.807, 2.05) is 20.2 Å². The maximum atomic E-state index is 15.6. The third-order valence-electron chi connectivity index (χ3n) is 24.1. The number of rotatable bonds is 14. The largest absolute Gasteiger partial charge is 0.481 e. The number of nitrogens with two attached hydrogens (primary N) is 1. The second kappa shape index (κ2) is 20.0. The molecule has 5 saturated carbocycles. The van der Waals surface area contributed by atoms with E-state index in [0.29, 0.717) is 77.2 Å². The smallest absolute Gasteiger partial charge is 0.310 e. The lowest BCUT2D eigenvalue weighted by atomic mass is 9.29. The Hall–Kier alpha value is -3.78. The summed E-state index contributed by atoms with van der Waals surface area (Å²) >= 11 is 0. The van der Waals surface area contributed by atoms with Crippen LogP contribution in [0.25, 0.3) is 0 Å². The van der Waals surface area contributed by atoms with Gasteiger partial charge in [0.2, 0.25) is 5.91 Å². The van der Waals surface area contributed by atoms with Crippen molar-refractivity contribution < 1.29 is 59.9 Å². The Balaban J connectivity index is 1.16. The number of fused-ring (bicyclic) bond motifs is 4. The van der Waals surface area contributed by atoms with Crippen LogP contribution in [-0.4, -0.2) is 155 Å². The topological polar surface area (TPSA) is 322 Å². The number of aromatic amines is 2. The second-order valence-electron chi connectivity index (χ2n) is 27.4. The fraction of sp³-hybridized carbons (Fsp3) is 0.797. The van der Waals surface area contributed by atoms with Gasteiger partial charge in [-0.3, -0.25) is 9.59 Å². The summed E-state index contributed by atoms with van der Waals surface area (Å²) < 4.78 is 12.8. The van der Waals surface area contributed by atoms with Crippen LogP contribution in [0, 0.1) is 103 Å². The van der Waals surface area contributed by atoms with E-state index < -0.39 is 141 Å². The number of aliphatic hydroxyl groups excluding tert-OH is 7. The highest BCUT2D eigenvalue weighted by molar-refractivity contribution is 5.87. The molecule has 7 fully saturated rings. The number of aliphatic carboxylic acids is 1. The molecular weight excluding hydrogens is 999 g/mol. The van der Waals surface area contributed by atoms with E-state index in [9.17, 15) is 45.6 Å². The average molecular weight is 1090 g/mol. The van der Waals surface area contributed by atoms with Gasteiger partial charge in [-0.05, 0) is 135 Å². The van der Waals surface area contributed by atoms with Crippen molar-refractivity contribution in [2.24, 2.45) is 96.9 Å². The molecule has 2 saturated heterocycles. The van der Waals surface area contributed by atoms with E-state index in [-0.39, 0.29) is 36.9 Å². The Bertz CT molecular complexity index is 2650. The number of carboxylic acids is 1. The molecule has 9 aliphatic rings. The first-order valence-electron chi connectivity index (χ1n) is 29.1. The van der Waals surface area contributed by atoms with Gasteiger partial charge in [0, 0.05) is 72.1 Å². The number of aromatic nitrogens is 4. The van der Waals surface area contributed by atoms with Crippen molar-refractivity contribution in [1.29, 1.82) is 0 Å². The lowest BCUT2D eigenvalue weighted by Crippen LogP contribution is -2.74. The van der Waals surface area contributed by atoms with Crippen LogP contribution in [0.15, 0.2) is 36.7 Å². The molecule has 0 radical (unpaired) electrons. The molecule has 430 valence electrons. The Morgan fingerprint density at radius 1 is 0.949 bits per heavy atom. The lowest BCUT2D eigenvalue weighted by molar-refractivity contribution is -0.342. The summed E-state index contributed by atoms with van der Waals surface area (Å²) in [5.74, 6) is 2.67. The minimum atomic E-state index is -1.68. The van der Waals surface area contributed by atoms with Gasteiger partial charge in [-0.15, -0.1) is 0 Å². The van der Waals surface area contributed by atoms with Gasteiger partial charge in [0.1, 0.15) is 24.5 Å². The van der Waals surface area contributed by atoms with Gasteiger partial charge in [0.15, 0.2) is 6.29 Å². The number of aliphatic hydroxyl groups is 7. The fourth-order valence-electron chi connectivity index (χ4n) is 20.0. The number of nitrogens with zero attached hydrogens (tertiary/aromatic N) is 2. The van der Waals surface area contributed by atoms with Crippen LogP contribution in [0.3, 0.4) is 0 Å². The van der Waals surface area contributed by atoms with Crippen LogP contribution in [0.4, 0.5) is 0 Å². The van der Waals surface area contributed by atoms with E-state index in [1.165, 1.54) is 0 Å². The van der Waals surface area contributed by atoms with E-state index in [0.717, 1.165) is 23.4 Å². The van der Waals surface area contributed by atoms with Crippen molar-refractivity contribution in [3.05, 3.63) is 48.1 Å². The molecule has 0 bridgehead atoms. The predicted molar refractivity (Wildman–Crippen MR) is 284 cm³/mol. The molecule has 19 nitrogen and oxygen atoms in total. The lowest BCUT2D eigenvalue weighted by Gasteiger charge is -2.75. The quantitative estimate of drug-likeness (QED) is 0.0560. The van der Waals surface area contributed by atoms with Gasteiger partial charge >= 0.3 is 5.97 Å². The highest BCUT2D eigenvalue weighted by atomic mass is 16.7. The number of nitrogens with one attached hydrogen (secondary N) is 4. The normalized spacial score (nSPS) is 48.5. The molecule has 7 aliphatic carbocycles. The predicted octanol–water partition coefficient (Wildman–Crippen LogP) is 2.57. The number of carbonyl (C=O) groups is 2. The first kappa shape index (κ1) is 56.1. The molecule has 11 rings (SSSR count). The summed E-state index contributed by atoms with van der Waals surface area (Å²) in [5.41, 5.74) is 2.99. The SMILES string of the molecule is CNCC(CC(c1cnc[nH]1)C1NC(=O)C23CCCC2C#CC2C=C4C5CC(C)(CO)CCC5(C(=O)O)CC(Cc5cnc[nH]5)C4(C)C4(C)CCC5C(C)(CO)C(OC6OCC(O)C(O)C6O)C(O)C(CC13)C5(C)C24)C(N)O. The van der Waals surface area contributed by atoms with Gasteiger partial charge in [-0.2, -0.15) is 0 Å². The molecule has 25 atom stereocenters. The highest BCUT2D eigenvalue weighted by Crippen LogP contribution is 2.80. The number of allylic oxidation sites excluding steroid dienone is 2. The number of hydrogen-bond donors (Lipinski definition) is 13. The van der Waals surface area contributed by atoms with E-state index in [4.69, 9.17) is 15.2 Å². The standard InChI is InChI=1S/C59H87N7O12/c1-53(26-67)14-15-58(52(75)76)20-33(18-34-23-62-28-64-34)57(5)36(39(58)21-53)17-30-9-10-32-8-7-12-59(32)37(43(66-51(59)74)35(40-24-63-29-65-40)16-31(22-61-6)49(60)73)19-38-44(70)48(78-50-46(72)45(71)41(69)25-77-50)54(2,27-68)42-11-13-55(57,3)47(30)56(38,42)4/h17,23-24,28-33,35,37-39,41-50,61,67-73H,7-8,11-16,18-22,25-27,60H2,1-6H3,(H,62,64)(H,63,65)(H,66,74)(H,75,76). The molecular formula is C59H87N7O12. The van der Waals surface area contributed by atoms with Crippen LogP contribution in [0.5, 0.6) is 0 Å². The van der Waals surface area contributed by atoms with Crippen LogP contribution in [0.1, 0.15) is 123 Å². The molecule has 25 unspecified atom stereocenters. The van der Waals surface area contributed by atoms with Crippen molar-refractivity contribution in [1.82, 2.24) is 30.6 Å². The highest BCUT2D eigenvalue weighted by Gasteiger charge is 2.77. The number of ether oxygens (including phenoxy) is 2. The molecule has 4 heterocycles. The number of hydrogen-bond acceptors (Lipinski definition) is 15. The zero-order valence-electron chi connectivity index (χ0n) is 46.3. The van der Waals surface area contributed by atoms with Gasteiger partial charge in [0.25, 0.3) is 0 Å². The number of carbonyl (C=O) groups excluding carboxylic acids is 1. The summed E-state index contributed by atoms with van der Waals surface area (Å²) in [6.07, 6.45) is 5.57. The number of amides is 1. The Kier molecular flexibility index (Phi) is 14.4. The first-order chi connectivity index (χ1) is 37.0. The number of imidazole rings is 2. The van der Waals surface area contributed by atoms with Crippen LogP contribution in [0.2, 0.25) is 0 Å². The number of carboxylic acid groups (broad SMARTS) is 1. The first-order valence-corrected chi connectivity index (χ1v) is 29.1. The maximum absolute atomic E-state index is 15.6. The van der Waals surface area contributed by atoms with E-state index in [2.05, 4.69) is 76.2 Å². The fourth-order valence-corrected chi connectivity index (χ4v) is 20.0. The van der Waals surface area contributed by atoms with Crippen molar-refractivity contribution >= 4 is 11.9 Å². The van der Waals surface area contributed by atoms with Crippen LogP contribution in [-0.2, 0) is 25.5 Å². The van der Waals surface area contributed by atoms with Crippen molar-refractivity contribution in [2.75, 3.05) is 33.4 Å². The zero-order chi connectivity index (χ0) is 55.7. The van der Waals surface area contributed by atoms with E-state index >= 15 is 4.79 Å². The van der Waals surface area contributed by atoms with E-state index in [1.54, 1.807) is 18.9 Å². The molecule has 2 aliphatic heterocycles. The minimum absolute atomic E-state index is 0.0766. The van der Waals surface area contributed by atoms with Gasteiger partial charge in [-0.25, -0.2) is 9.97 Å². The average Bonchev–Trinajstić information content (AvgIpc) is 2.57. The van der Waals surface area contributed by atoms with Crippen molar-refractivity contribution in [3.63, 3.8) is 0 Å². The van der Waals surface area contributed by atoms with Gasteiger partial charge in [0.05, 0.1) is 48.9 Å². The Morgan fingerprint density at radius 2 is 1.71 bits per heavy atom. The van der Waals surface area contributed by atoms with Crippen molar-refractivity contribution in [3.8, 4) is 11.8 Å². The summed E-state index contributed by atoms with van der Waals surface area (Å²) in [6, 6.07) is -0.549. The summed E-state index contributed by atoms with van der Waals surface area (Å²) in [7, 11) is 1.81. The maximum Gasteiger partial charge on any atom is 0.310 e. The molecule has 19 heteroatoms. The molecule has 2 aromatic heterocycles. The minimum Gasteiger partial charge on any atom is -0.481 e. The third-order valence-corrected chi connectivity index (χ3v) is 24.1. The molecule has 14 N–H and O–H groups in total. The summed E-state index contributed by atoms with van der Waals surface area (Å²) in [6.45, 7) is 10.6. The molecule has 1 spiro atoms. The third kappa shape index (κ3) is 7.98. The summed E-state index contributed by atoms with van der Waals surface area (Å²) in [5, 5.41) is 99.7. The molecule has 1 amide bonds.